The summed E-state index contributed by atoms with van der Waals surface area (Å²) in [5, 5.41) is 0. The van der Waals surface area contributed by atoms with Gasteiger partial charge >= 0.3 is 11.9 Å². The lowest BCUT2D eigenvalue weighted by Gasteiger charge is -2.05. The molecule has 110 valence electrons. The Bertz CT molecular complexity index is 428. The first kappa shape index (κ1) is 16.5. The molecule has 1 rings (SSSR count). The van der Waals surface area contributed by atoms with Crippen LogP contribution in [-0.2, 0) is 9.47 Å². The SMILES string of the molecule is CCCCCOC(=O)c1ccc(C(=O)OCCCl)cc1. The minimum Gasteiger partial charge on any atom is -0.462 e. The van der Waals surface area contributed by atoms with E-state index in [0.29, 0.717) is 17.7 Å². The molecule has 0 unspecified atom stereocenters. The van der Waals surface area contributed by atoms with Gasteiger partial charge in [-0.1, -0.05) is 19.8 Å². The van der Waals surface area contributed by atoms with Crippen LogP contribution in [0.3, 0.4) is 0 Å². The molecule has 0 spiro atoms. The lowest BCUT2D eigenvalue weighted by molar-refractivity contribution is 0.0492. The second-order valence-electron chi connectivity index (χ2n) is 4.25. The number of hydrogen-bond acceptors (Lipinski definition) is 4. The van der Waals surface area contributed by atoms with Gasteiger partial charge in [0.15, 0.2) is 0 Å². The highest BCUT2D eigenvalue weighted by Gasteiger charge is 2.10. The highest BCUT2D eigenvalue weighted by atomic mass is 35.5. The van der Waals surface area contributed by atoms with E-state index in [1.807, 2.05) is 0 Å². The quantitative estimate of drug-likeness (QED) is 0.419. The van der Waals surface area contributed by atoms with Crippen molar-refractivity contribution in [1.82, 2.24) is 0 Å². The molecule has 1 aromatic carbocycles. The summed E-state index contributed by atoms with van der Waals surface area (Å²) in [7, 11) is 0. The molecule has 1 aromatic rings. The van der Waals surface area contributed by atoms with Crippen molar-refractivity contribution in [2.24, 2.45) is 0 Å². The zero-order chi connectivity index (χ0) is 14.8. The summed E-state index contributed by atoms with van der Waals surface area (Å²) in [6.07, 6.45) is 2.99. The van der Waals surface area contributed by atoms with Crippen molar-refractivity contribution < 1.29 is 19.1 Å². The van der Waals surface area contributed by atoms with E-state index in [4.69, 9.17) is 21.1 Å². The fraction of sp³-hybridized carbons (Fsp3) is 0.467. The van der Waals surface area contributed by atoms with Crippen molar-refractivity contribution in [1.29, 1.82) is 0 Å². The molecule has 0 radical (unpaired) electrons. The average molecular weight is 299 g/mol. The summed E-state index contributed by atoms with van der Waals surface area (Å²) in [5.41, 5.74) is 0.813. The first-order valence-corrected chi connectivity index (χ1v) is 7.22. The maximum absolute atomic E-state index is 11.7. The lowest BCUT2D eigenvalue weighted by atomic mass is 10.1. The van der Waals surface area contributed by atoms with E-state index < -0.39 is 5.97 Å². The topological polar surface area (TPSA) is 52.6 Å². The molecule has 0 aliphatic rings. The van der Waals surface area contributed by atoms with Crippen LogP contribution in [0.5, 0.6) is 0 Å². The predicted octanol–water partition coefficient (Wildman–Crippen LogP) is 3.43. The number of alkyl halides is 1. The summed E-state index contributed by atoms with van der Waals surface area (Å²) < 4.78 is 10.0. The molecule has 0 N–H and O–H groups in total. The van der Waals surface area contributed by atoms with Crippen molar-refractivity contribution >= 4 is 23.5 Å². The van der Waals surface area contributed by atoms with Gasteiger partial charge in [-0.05, 0) is 30.7 Å². The molecule has 20 heavy (non-hydrogen) atoms. The van der Waals surface area contributed by atoms with Crippen LogP contribution in [-0.4, -0.2) is 31.0 Å². The fourth-order valence-corrected chi connectivity index (χ4v) is 1.63. The monoisotopic (exact) mass is 298 g/mol. The molecule has 0 heterocycles. The Labute approximate surface area is 124 Å². The molecule has 0 aromatic heterocycles. The number of unbranched alkanes of at least 4 members (excludes halogenated alkanes) is 2. The third kappa shape index (κ3) is 5.61. The molecule has 0 atom stereocenters. The lowest BCUT2D eigenvalue weighted by Crippen LogP contribution is -2.09. The standard InChI is InChI=1S/C15H19ClO4/c1-2-3-4-10-19-14(17)12-5-7-13(8-6-12)15(18)20-11-9-16/h5-8H,2-4,9-11H2,1H3. The van der Waals surface area contributed by atoms with Crippen molar-refractivity contribution in [3.05, 3.63) is 35.4 Å². The van der Waals surface area contributed by atoms with Gasteiger partial charge in [-0.25, -0.2) is 9.59 Å². The number of ether oxygens (including phenoxy) is 2. The molecular weight excluding hydrogens is 280 g/mol. The predicted molar refractivity (Wildman–Crippen MR) is 77.3 cm³/mol. The number of carbonyl (C=O) groups is 2. The van der Waals surface area contributed by atoms with Crippen molar-refractivity contribution in [3.63, 3.8) is 0 Å². The number of carbonyl (C=O) groups excluding carboxylic acids is 2. The second kappa shape index (κ2) is 9.37. The van der Waals surface area contributed by atoms with Crippen LogP contribution in [0, 0.1) is 0 Å². The van der Waals surface area contributed by atoms with Crippen LogP contribution in [0.1, 0.15) is 46.9 Å². The summed E-state index contributed by atoms with van der Waals surface area (Å²) >= 11 is 5.43. The van der Waals surface area contributed by atoms with Gasteiger partial charge in [0.05, 0.1) is 23.6 Å². The zero-order valence-corrected chi connectivity index (χ0v) is 12.3. The molecular formula is C15H19ClO4. The number of halogens is 1. The van der Waals surface area contributed by atoms with Gasteiger partial charge in [0.1, 0.15) is 6.61 Å². The Kier molecular flexibility index (Phi) is 7.73. The molecule has 0 aliphatic carbocycles. The van der Waals surface area contributed by atoms with Gasteiger partial charge in [-0.15, -0.1) is 11.6 Å². The Balaban J connectivity index is 2.48. The van der Waals surface area contributed by atoms with Crippen molar-refractivity contribution in [2.75, 3.05) is 19.1 Å². The highest BCUT2D eigenvalue weighted by Crippen LogP contribution is 2.08. The Morgan fingerprint density at radius 2 is 1.45 bits per heavy atom. The Morgan fingerprint density at radius 3 is 1.90 bits per heavy atom. The fourth-order valence-electron chi connectivity index (χ4n) is 1.56. The summed E-state index contributed by atoms with van der Waals surface area (Å²) in [6, 6.07) is 6.19. The molecule has 4 nitrogen and oxygen atoms in total. The molecule has 0 bridgehead atoms. The van der Waals surface area contributed by atoms with Gasteiger partial charge in [0, 0.05) is 0 Å². The first-order chi connectivity index (χ1) is 9.69. The van der Waals surface area contributed by atoms with Crippen LogP contribution in [0.25, 0.3) is 0 Å². The molecule has 0 aliphatic heterocycles. The van der Waals surface area contributed by atoms with Crippen LogP contribution in [0.15, 0.2) is 24.3 Å². The molecule has 0 saturated heterocycles. The molecule has 0 saturated carbocycles. The van der Waals surface area contributed by atoms with Gasteiger partial charge < -0.3 is 9.47 Å². The molecule has 0 amide bonds. The number of hydrogen-bond donors (Lipinski definition) is 0. The van der Waals surface area contributed by atoms with E-state index in [1.165, 1.54) is 0 Å². The molecule has 5 heteroatoms. The maximum Gasteiger partial charge on any atom is 0.338 e. The number of rotatable bonds is 8. The van der Waals surface area contributed by atoms with Gasteiger partial charge in [0.25, 0.3) is 0 Å². The third-order valence-electron chi connectivity index (χ3n) is 2.65. The normalized spacial score (nSPS) is 10.1. The summed E-state index contributed by atoms with van der Waals surface area (Å²) in [5.74, 6) is -0.566. The second-order valence-corrected chi connectivity index (χ2v) is 4.62. The molecule has 0 fully saturated rings. The van der Waals surface area contributed by atoms with Crippen LogP contribution in [0.2, 0.25) is 0 Å². The van der Waals surface area contributed by atoms with Gasteiger partial charge in [0.2, 0.25) is 0 Å². The summed E-state index contributed by atoms with van der Waals surface area (Å²) in [6.45, 7) is 2.68. The smallest absolute Gasteiger partial charge is 0.338 e. The minimum atomic E-state index is -0.450. The third-order valence-corrected chi connectivity index (χ3v) is 2.80. The van der Waals surface area contributed by atoms with E-state index in [2.05, 4.69) is 6.92 Å². The van der Waals surface area contributed by atoms with E-state index in [0.717, 1.165) is 19.3 Å². The maximum atomic E-state index is 11.7. The highest BCUT2D eigenvalue weighted by molar-refractivity contribution is 6.18. The first-order valence-electron chi connectivity index (χ1n) is 6.69. The van der Waals surface area contributed by atoms with E-state index in [9.17, 15) is 9.59 Å². The number of benzene rings is 1. The van der Waals surface area contributed by atoms with Crippen LogP contribution < -0.4 is 0 Å². The van der Waals surface area contributed by atoms with Crippen LogP contribution >= 0.6 is 11.6 Å². The Hall–Kier alpha value is -1.55. The zero-order valence-electron chi connectivity index (χ0n) is 11.6. The average Bonchev–Trinajstić information content (AvgIpc) is 2.49. The minimum absolute atomic E-state index is 0.168. The van der Waals surface area contributed by atoms with Gasteiger partial charge in [-0.3, -0.25) is 0 Å². The van der Waals surface area contributed by atoms with E-state index in [-0.39, 0.29) is 18.5 Å². The summed E-state index contributed by atoms with van der Waals surface area (Å²) in [4.78, 5) is 23.2. The van der Waals surface area contributed by atoms with Crippen molar-refractivity contribution in [2.45, 2.75) is 26.2 Å². The Morgan fingerprint density at radius 1 is 0.950 bits per heavy atom. The number of esters is 2. The van der Waals surface area contributed by atoms with Crippen molar-refractivity contribution in [3.8, 4) is 0 Å². The van der Waals surface area contributed by atoms with Gasteiger partial charge in [-0.2, -0.15) is 0 Å². The van der Waals surface area contributed by atoms with E-state index >= 15 is 0 Å². The van der Waals surface area contributed by atoms with E-state index in [1.54, 1.807) is 24.3 Å². The van der Waals surface area contributed by atoms with Crippen LogP contribution in [0.4, 0.5) is 0 Å². The largest absolute Gasteiger partial charge is 0.462 e.